The number of esters is 1. The summed E-state index contributed by atoms with van der Waals surface area (Å²) in [6.45, 7) is 8.22. The average Bonchev–Trinajstić information content (AvgIpc) is 2.35. The van der Waals surface area contributed by atoms with Crippen molar-refractivity contribution < 1.29 is 17.9 Å². The van der Waals surface area contributed by atoms with Crippen molar-refractivity contribution in [2.24, 2.45) is 0 Å². The lowest BCUT2D eigenvalue weighted by Crippen LogP contribution is -2.50. The van der Waals surface area contributed by atoms with E-state index >= 15 is 0 Å². The first kappa shape index (κ1) is 16.4. The first-order chi connectivity index (χ1) is 9.19. The number of ether oxygens (including phenoxy) is 1. The van der Waals surface area contributed by atoms with Crippen molar-refractivity contribution >= 4 is 16.0 Å². The summed E-state index contributed by atoms with van der Waals surface area (Å²) in [6.07, 6.45) is 1.42. The van der Waals surface area contributed by atoms with Gasteiger partial charge in [-0.15, -0.1) is 0 Å². The summed E-state index contributed by atoms with van der Waals surface area (Å²) in [7, 11) is -3.78. The van der Waals surface area contributed by atoms with Crippen LogP contribution >= 0.6 is 0 Å². The fraction of sp³-hybridized carbons (Fsp3) is 0.357. The number of hydrogen-bond acceptors (Lipinski definition) is 4. The highest BCUT2D eigenvalue weighted by molar-refractivity contribution is 7.89. The lowest BCUT2D eigenvalue weighted by atomic mass is 10.1. The molecule has 0 saturated carbocycles. The third kappa shape index (κ3) is 4.18. The number of rotatable bonds is 6. The van der Waals surface area contributed by atoms with Crippen molar-refractivity contribution in [1.29, 1.82) is 0 Å². The maximum Gasteiger partial charge on any atom is 0.327 e. The van der Waals surface area contributed by atoms with Crippen molar-refractivity contribution in [3.63, 3.8) is 0 Å². The van der Waals surface area contributed by atoms with E-state index in [0.29, 0.717) is 0 Å². The summed E-state index contributed by atoms with van der Waals surface area (Å²) in [5.41, 5.74) is -0.402. The molecule has 20 heavy (non-hydrogen) atoms. The molecule has 1 aromatic rings. The number of hydrogen-bond donors (Lipinski definition) is 1. The minimum absolute atomic E-state index is 0.0362. The van der Waals surface area contributed by atoms with Crippen molar-refractivity contribution in [2.45, 2.75) is 31.2 Å². The molecule has 0 radical (unpaired) electrons. The highest BCUT2D eigenvalue weighted by Crippen LogP contribution is 2.15. The van der Waals surface area contributed by atoms with Gasteiger partial charge in [-0.1, -0.05) is 30.4 Å². The van der Waals surface area contributed by atoms with Crippen molar-refractivity contribution in [1.82, 2.24) is 4.72 Å². The Morgan fingerprint density at radius 1 is 1.35 bits per heavy atom. The summed E-state index contributed by atoms with van der Waals surface area (Å²) in [4.78, 5) is 11.9. The third-order valence-electron chi connectivity index (χ3n) is 2.56. The zero-order valence-electron chi connectivity index (χ0n) is 11.8. The molecule has 0 aliphatic heterocycles. The summed E-state index contributed by atoms with van der Waals surface area (Å²) < 4.78 is 31.6. The predicted octanol–water partition coefficient (Wildman–Crippen LogP) is 1.78. The smallest absolute Gasteiger partial charge is 0.327 e. The number of benzene rings is 1. The van der Waals surface area contributed by atoms with E-state index < -0.39 is 21.5 Å². The van der Waals surface area contributed by atoms with Crippen LogP contribution < -0.4 is 4.72 Å². The molecule has 0 heterocycles. The Bertz CT molecular complexity index is 588. The largest absolute Gasteiger partial charge is 0.460 e. The number of carbonyl (C=O) groups is 1. The first-order valence-corrected chi connectivity index (χ1v) is 7.56. The van der Waals surface area contributed by atoms with Crippen molar-refractivity contribution in [3.8, 4) is 0 Å². The monoisotopic (exact) mass is 297 g/mol. The van der Waals surface area contributed by atoms with Crippen molar-refractivity contribution in [3.05, 3.63) is 42.5 Å². The van der Waals surface area contributed by atoms with Gasteiger partial charge >= 0.3 is 5.97 Å². The zero-order valence-corrected chi connectivity index (χ0v) is 12.7. The highest BCUT2D eigenvalue weighted by Gasteiger charge is 2.34. The van der Waals surface area contributed by atoms with Crippen LogP contribution in [0.1, 0.15) is 19.4 Å². The van der Waals surface area contributed by atoms with Crippen LogP contribution in [0.5, 0.6) is 0 Å². The molecular formula is C14H19NO4S. The molecule has 0 unspecified atom stereocenters. The van der Waals surface area contributed by atoms with Crippen LogP contribution in [0, 0.1) is 6.92 Å². The zero-order chi connectivity index (χ0) is 15.4. The highest BCUT2D eigenvalue weighted by atomic mass is 32.2. The van der Waals surface area contributed by atoms with Gasteiger partial charge in [0.15, 0.2) is 0 Å². The van der Waals surface area contributed by atoms with Crippen LogP contribution in [-0.2, 0) is 19.6 Å². The molecule has 0 saturated heterocycles. The molecular weight excluding hydrogens is 278 g/mol. The second-order valence-corrected chi connectivity index (χ2v) is 6.61. The van der Waals surface area contributed by atoms with E-state index in [1.165, 1.54) is 32.1 Å². The van der Waals surface area contributed by atoms with Gasteiger partial charge < -0.3 is 4.74 Å². The second-order valence-electron chi connectivity index (χ2n) is 4.93. The fourth-order valence-corrected chi connectivity index (χ4v) is 2.84. The van der Waals surface area contributed by atoms with Gasteiger partial charge in [0.05, 0.1) is 4.90 Å². The second kappa shape index (κ2) is 6.19. The molecule has 0 fully saturated rings. The Kier molecular flexibility index (Phi) is 5.08. The molecule has 1 aromatic carbocycles. The molecule has 0 amide bonds. The lowest BCUT2D eigenvalue weighted by molar-refractivity contribution is -0.148. The molecule has 0 spiro atoms. The topological polar surface area (TPSA) is 72.5 Å². The van der Waals surface area contributed by atoms with Gasteiger partial charge in [-0.3, -0.25) is 4.79 Å². The number of sulfonamides is 1. The standard InChI is InChI=1S/C14H19NO4S/c1-5-10-19-13(16)14(3,4)15-20(17,18)12-8-6-11(2)7-9-12/h5-9,15H,1,10H2,2-4H3. The van der Waals surface area contributed by atoms with Crippen LogP contribution in [0.3, 0.4) is 0 Å². The Morgan fingerprint density at radius 2 is 1.90 bits per heavy atom. The fourth-order valence-electron chi connectivity index (χ4n) is 1.47. The summed E-state index contributed by atoms with van der Waals surface area (Å²) in [5, 5.41) is 0. The molecule has 0 aromatic heterocycles. The van der Waals surface area contributed by atoms with Gasteiger partial charge in [0.25, 0.3) is 0 Å². The van der Waals surface area contributed by atoms with Crippen LogP contribution in [0.4, 0.5) is 0 Å². The van der Waals surface area contributed by atoms with Gasteiger partial charge in [-0.25, -0.2) is 8.42 Å². The molecule has 0 aliphatic carbocycles. The van der Waals surface area contributed by atoms with Crippen LogP contribution in [0.2, 0.25) is 0 Å². The minimum Gasteiger partial charge on any atom is -0.460 e. The van der Waals surface area contributed by atoms with Gasteiger partial charge in [-0.05, 0) is 32.9 Å². The van der Waals surface area contributed by atoms with E-state index in [9.17, 15) is 13.2 Å². The SMILES string of the molecule is C=CCOC(=O)C(C)(C)NS(=O)(=O)c1ccc(C)cc1. The molecule has 1 N–H and O–H groups in total. The molecule has 110 valence electrons. The van der Waals surface area contributed by atoms with Crippen LogP contribution in [0.25, 0.3) is 0 Å². The van der Waals surface area contributed by atoms with E-state index in [1.54, 1.807) is 12.1 Å². The molecule has 1 rings (SSSR count). The van der Waals surface area contributed by atoms with E-state index in [2.05, 4.69) is 11.3 Å². The first-order valence-electron chi connectivity index (χ1n) is 6.08. The van der Waals surface area contributed by atoms with Gasteiger partial charge in [-0.2, -0.15) is 4.72 Å². The normalized spacial score (nSPS) is 11.9. The van der Waals surface area contributed by atoms with Gasteiger partial charge in [0.1, 0.15) is 12.1 Å². The quantitative estimate of drug-likeness (QED) is 0.641. The van der Waals surface area contributed by atoms with E-state index in [-0.39, 0.29) is 11.5 Å². The maximum absolute atomic E-state index is 12.2. The maximum atomic E-state index is 12.2. The van der Waals surface area contributed by atoms with Gasteiger partial charge in [0, 0.05) is 0 Å². The summed E-state index contributed by atoms with van der Waals surface area (Å²) >= 11 is 0. The lowest BCUT2D eigenvalue weighted by Gasteiger charge is -2.23. The van der Waals surface area contributed by atoms with Gasteiger partial charge in [0.2, 0.25) is 10.0 Å². The average molecular weight is 297 g/mol. The minimum atomic E-state index is -3.78. The van der Waals surface area contributed by atoms with E-state index in [1.807, 2.05) is 6.92 Å². The Balaban J connectivity index is 2.92. The Morgan fingerprint density at radius 3 is 2.40 bits per heavy atom. The number of nitrogens with one attached hydrogen (secondary N) is 1. The number of aryl methyl sites for hydroxylation is 1. The third-order valence-corrected chi connectivity index (χ3v) is 4.24. The Labute approximate surface area is 119 Å². The molecule has 0 bridgehead atoms. The Hall–Kier alpha value is -1.66. The molecule has 5 nitrogen and oxygen atoms in total. The van der Waals surface area contributed by atoms with E-state index in [0.717, 1.165) is 5.56 Å². The summed E-state index contributed by atoms with van der Waals surface area (Å²) in [5.74, 6) is -0.659. The number of carbonyl (C=O) groups excluding carboxylic acids is 1. The molecule has 0 atom stereocenters. The van der Waals surface area contributed by atoms with E-state index in [4.69, 9.17) is 4.74 Å². The molecule has 6 heteroatoms. The predicted molar refractivity (Wildman–Crippen MR) is 76.7 cm³/mol. The van der Waals surface area contributed by atoms with Crippen molar-refractivity contribution in [2.75, 3.05) is 6.61 Å². The van der Waals surface area contributed by atoms with Crippen LogP contribution in [0.15, 0.2) is 41.8 Å². The summed E-state index contributed by atoms with van der Waals surface area (Å²) in [6, 6.07) is 6.36. The van der Waals surface area contributed by atoms with Crippen LogP contribution in [-0.4, -0.2) is 26.5 Å². The molecule has 0 aliphatic rings.